The quantitative estimate of drug-likeness (QED) is 0.268. The Kier molecular flexibility index (Phi) is 5.68. The van der Waals surface area contributed by atoms with Crippen LogP contribution in [0.4, 0.5) is 0 Å². The molecule has 5 nitrogen and oxygen atoms in total. The fourth-order valence-electron chi connectivity index (χ4n) is 3.55. The first-order valence-electron chi connectivity index (χ1n) is 10.2. The molecule has 2 heterocycles. The lowest BCUT2D eigenvalue weighted by Gasteiger charge is -2.05. The van der Waals surface area contributed by atoms with Crippen molar-refractivity contribution in [2.75, 3.05) is 0 Å². The average Bonchev–Trinajstić information content (AvgIpc) is 3.27. The molecule has 6 heteroatoms. The maximum atomic E-state index is 12.4. The molecule has 0 aliphatic carbocycles. The van der Waals surface area contributed by atoms with Gasteiger partial charge < -0.3 is 4.42 Å². The van der Waals surface area contributed by atoms with Gasteiger partial charge >= 0.3 is 0 Å². The highest BCUT2D eigenvalue weighted by molar-refractivity contribution is 7.99. The number of benzene rings is 3. The van der Waals surface area contributed by atoms with Crippen molar-refractivity contribution < 1.29 is 9.21 Å². The van der Waals surface area contributed by atoms with Gasteiger partial charge in [-0.2, -0.15) is 5.10 Å². The number of hydrogen-bond acceptors (Lipinski definition) is 5. The van der Waals surface area contributed by atoms with Crippen LogP contribution >= 0.6 is 11.8 Å². The van der Waals surface area contributed by atoms with Crippen LogP contribution in [0.3, 0.4) is 0 Å². The number of aromatic nitrogens is 1. The van der Waals surface area contributed by atoms with Gasteiger partial charge in [0.25, 0.3) is 0 Å². The van der Waals surface area contributed by atoms with Crippen molar-refractivity contribution in [3.05, 3.63) is 102 Å². The smallest absolute Gasteiger partial charge is 0.244 e. The van der Waals surface area contributed by atoms with Crippen molar-refractivity contribution in [1.29, 1.82) is 0 Å². The van der Waals surface area contributed by atoms with E-state index < -0.39 is 0 Å². The highest BCUT2D eigenvalue weighted by Crippen LogP contribution is 2.33. The van der Waals surface area contributed by atoms with Crippen molar-refractivity contribution in [1.82, 2.24) is 10.4 Å². The minimum atomic E-state index is -0.180. The van der Waals surface area contributed by atoms with E-state index in [0.29, 0.717) is 5.76 Å². The number of para-hydroxylation sites is 1. The molecule has 3 aromatic carbocycles. The van der Waals surface area contributed by atoms with Gasteiger partial charge in [0.2, 0.25) is 5.91 Å². The van der Waals surface area contributed by atoms with Gasteiger partial charge in [0, 0.05) is 16.5 Å². The van der Waals surface area contributed by atoms with Gasteiger partial charge in [0.05, 0.1) is 18.2 Å². The molecule has 0 aliphatic rings. The monoisotopic (exact) mass is 437 g/mol. The molecule has 0 bridgehead atoms. The van der Waals surface area contributed by atoms with Crippen molar-refractivity contribution in [3.63, 3.8) is 0 Å². The van der Waals surface area contributed by atoms with Crippen molar-refractivity contribution in [2.45, 2.75) is 16.4 Å². The molecule has 0 fully saturated rings. The molecular formula is C26H19N3O2S. The van der Waals surface area contributed by atoms with E-state index in [4.69, 9.17) is 4.42 Å². The van der Waals surface area contributed by atoms with E-state index in [2.05, 4.69) is 15.5 Å². The van der Waals surface area contributed by atoms with E-state index >= 15 is 0 Å². The molecule has 1 N–H and O–H groups in total. The van der Waals surface area contributed by atoms with Crippen LogP contribution in [0.5, 0.6) is 0 Å². The summed E-state index contributed by atoms with van der Waals surface area (Å²) in [5.74, 6) is 0.381. The van der Waals surface area contributed by atoms with Crippen LogP contribution in [0.25, 0.3) is 21.7 Å². The van der Waals surface area contributed by atoms with Gasteiger partial charge in [-0.05, 0) is 52.4 Å². The number of pyridine rings is 1. The molecule has 2 aromatic heterocycles. The third-order valence-corrected chi connectivity index (χ3v) is 5.99. The molecule has 0 radical (unpaired) electrons. The number of nitrogens with zero attached hydrogens (tertiary/aromatic N) is 2. The first-order chi connectivity index (χ1) is 15.8. The first kappa shape index (κ1) is 20.0. The van der Waals surface area contributed by atoms with Crippen LogP contribution < -0.4 is 5.43 Å². The molecule has 0 atom stereocenters. The fraction of sp³-hybridized carbons (Fsp3) is 0.0385. The van der Waals surface area contributed by atoms with E-state index in [1.165, 1.54) is 18.0 Å². The zero-order valence-electron chi connectivity index (χ0n) is 17.1. The van der Waals surface area contributed by atoms with Crippen LogP contribution in [0, 0.1) is 0 Å². The molecule has 5 aromatic rings. The SMILES string of the molecule is O=C(Cc1cccc2ccccc12)N/N=C\c1ccc(Sc2cccc3cccnc23)o1. The predicted octanol–water partition coefficient (Wildman–Crippen LogP) is 5.83. The van der Waals surface area contributed by atoms with Crippen molar-refractivity contribution in [3.8, 4) is 0 Å². The lowest BCUT2D eigenvalue weighted by molar-refractivity contribution is -0.120. The van der Waals surface area contributed by atoms with Crippen LogP contribution in [-0.4, -0.2) is 17.1 Å². The van der Waals surface area contributed by atoms with E-state index in [1.54, 1.807) is 6.20 Å². The van der Waals surface area contributed by atoms with E-state index in [1.807, 2.05) is 84.9 Å². The number of hydrazone groups is 1. The third-order valence-electron chi connectivity index (χ3n) is 5.02. The van der Waals surface area contributed by atoms with Crippen molar-refractivity contribution in [2.24, 2.45) is 5.10 Å². The lowest BCUT2D eigenvalue weighted by atomic mass is 10.0. The highest BCUT2D eigenvalue weighted by atomic mass is 32.2. The van der Waals surface area contributed by atoms with Gasteiger partial charge in [0.1, 0.15) is 5.76 Å². The van der Waals surface area contributed by atoms with Gasteiger partial charge in [-0.3, -0.25) is 9.78 Å². The summed E-state index contributed by atoms with van der Waals surface area (Å²) in [6.45, 7) is 0. The first-order valence-corrected chi connectivity index (χ1v) is 11.0. The summed E-state index contributed by atoms with van der Waals surface area (Å²) in [7, 11) is 0. The van der Waals surface area contributed by atoms with Gasteiger partial charge in [-0.25, -0.2) is 5.43 Å². The number of hydrogen-bond donors (Lipinski definition) is 1. The Bertz CT molecular complexity index is 1430. The van der Waals surface area contributed by atoms with Crippen LogP contribution in [-0.2, 0) is 11.2 Å². The van der Waals surface area contributed by atoms with E-state index in [0.717, 1.165) is 37.2 Å². The number of fused-ring (bicyclic) bond motifs is 2. The second-order valence-electron chi connectivity index (χ2n) is 7.20. The maximum Gasteiger partial charge on any atom is 0.244 e. The van der Waals surface area contributed by atoms with Crippen molar-refractivity contribution >= 4 is 45.6 Å². The minimum absolute atomic E-state index is 0.180. The Morgan fingerprint density at radius 3 is 2.72 bits per heavy atom. The van der Waals surface area contributed by atoms with Crippen LogP contribution in [0.2, 0.25) is 0 Å². The van der Waals surface area contributed by atoms with Crippen LogP contribution in [0.1, 0.15) is 11.3 Å². The summed E-state index contributed by atoms with van der Waals surface area (Å²) in [6.07, 6.45) is 3.55. The Balaban J connectivity index is 1.22. The van der Waals surface area contributed by atoms with Gasteiger partial charge in [-0.1, -0.05) is 60.7 Å². The topological polar surface area (TPSA) is 67.5 Å². The predicted molar refractivity (Wildman–Crippen MR) is 128 cm³/mol. The molecule has 1 amide bonds. The van der Waals surface area contributed by atoms with Gasteiger partial charge in [-0.15, -0.1) is 0 Å². The molecule has 0 saturated heterocycles. The standard InChI is InChI=1S/C26H19N3O2S/c30-24(16-20-9-3-7-18-6-1-2-11-22(18)20)29-28-17-21-13-14-25(31-21)32-23-12-4-8-19-10-5-15-27-26(19)23/h1-15,17H,16H2,(H,29,30)/b28-17-. The Morgan fingerprint density at radius 2 is 1.75 bits per heavy atom. The molecule has 156 valence electrons. The molecule has 0 spiro atoms. The molecule has 0 unspecified atom stereocenters. The largest absolute Gasteiger partial charge is 0.448 e. The number of rotatable bonds is 6. The van der Waals surface area contributed by atoms with Gasteiger partial charge in [0.15, 0.2) is 5.09 Å². The zero-order valence-corrected chi connectivity index (χ0v) is 17.9. The second kappa shape index (κ2) is 9.08. The summed E-state index contributed by atoms with van der Waals surface area (Å²) in [4.78, 5) is 17.8. The Morgan fingerprint density at radius 1 is 0.938 bits per heavy atom. The lowest BCUT2D eigenvalue weighted by Crippen LogP contribution is -2.19. The van der Waals surface area contributed by atoms with Crippen LogP contribution in [0.15, 0.2) is 111 Å². The summed E-state index contributed by atoms with van der Waals surface area (Å²) in [6, 6.07) is 27.7. The average molecular weight is 438 g/mol. The zero-order chi connectivity index (χ0) is 21.8. The third kappa shape index (κ3) is 4.40. The summed E-state index contributed by atoms with van der Waals surface area (Å²) in [5, 5.41) is 8.05. The number of nitrogens with one attached hydrogen (secondary N) is 1. The number of carbonyl (C=O) groups is 1. The molecule has 0 aliphatic heterocycles. The molecular weight excluding hydrogens is 418 g/mol. The summed E-state index contributed by atoms with van der Waals surface area (Å²) < 4.78 is 5.83. The summed E-state index contributed by atoms with van der Waals surface area (Å²) >= 11 is 1.50. The number of carbonyl (C=O) groups excluding carboxylic acids is 1. The van der Waals surface area contributed by atoms with E-state index in [-0.39, 0.29) is 12.3 Å². The Labute approximate surface area is 189 Å². The normalized spacial score (nSPS) is 11.4. The Hall–Kier alpha value is -3.90. The fourth-order valence-corrected chi connectivity index (χ4v) is 4.46. The summed E-state index contributed by atoms with van der Waals surface area (Å²) in [5.41, 5.74) is 4.49. The highest BCUT2D eigenvalue weighted by Gasteiger charge is 2.08. The minimum Gasteiger partial charge on any atom is -0.448 e. The second-order valence-corrected chi connectivity index (χ2v) is 8.24. The molecule has 0 saturated carbocycles. The molecule has 32 heavy (non-hydrogen) atoms. The number of furan rings is 1. The number of amides is 1. The van der Waals surface area contributed by atoms with E-state index in [9.17, 15) is 4.79 Å². The maximum absolute atomic E-state index is 12.4. The molecule has 5 rings (SSSR count).